The molecule has 0 bridgehead atoms. The van der Waals surface area contributed by atoms with Gasteiger partial charge in [0.05, 0.1) is 26.5 Å². The van der Waals surface area contributed by atoms with Crippen LogP contribution in [0.25, 0.3) is 10.9 Å². The van der Waals surface area contributed by atoms with Crippen molar-refractivity contribution in [3.8, 4) is 16.6 Å². The zero-order valence-corrected chi connectivity index (χ0v) is 15.5. The number of halogens is 3. The Morgan fingerprint density at radius 1 is 1.26 bits per heavy atom. The van der Waals surface area contributed by atoms with Crippen molar-refractivity contribution in [3.05, 3.63) is 39.9 Å². The first-order valence-electron chi connectivity index (χ1n) is 7.51. The van der Waals surface area contributed by atoms with Crippen molar-refractivity contribution < 1.29 is 33.0 Å². The molecule has 6 nitrogen and oxygen atoms in total. The lowest BCUT2D eigenvalue weighted by Crippen LogP contribution is -2.12. The molecule has 1 N–H and O–H groups in total. The number of carbonyl (C=O) groups is 2. The molecule has 1 aromatic carbocycles. The Kier molecular flexibility index (Phi) is 5.07. The van der Waals surface area contributed by atoms with E-state index in [9.17, 15) is 23.5 Å². The van der Waals surface area contributed by atoms with Crippen molar-refractivity contribution in [3.63, 3.8) is 0 Å². The van der Waals surface area contributed by atoms with E-state index in [4.69, 9.17) is 16.3 Å². The van der Waals surface area contributed by atoms with E-state index < -0.39 is 18.5 Å². The number of benzene rings is 1. The molecule has 0 saturated heterocycles. The quantitative estimate of drug-likeness (QED) is 0.631. The standard InChI is InChI=1S/C17H12ClF2NO5S/c1-7-15(25-8(2)22)13-9(3-4-10(23)14(13)18)21(7)16(24)11-5-6-12(27-11)26-17(19)20/h3-6,17,23H,1-2H3. The maximum absolute atomic E-state index is 13.0. The molecule has 2 heterocycles. The predicted octanol–water partition coefficient (Wildman–Crippen LogP) is 4.59. The van der Waals surface area contributed by atoms with Crippen molar-refractivity contribution >= 4 is 45.7 Å². The van der Waals surface area contributed by atoms with Gasteiger partial charge in [-0.1, -0.05) is 22.9 Å². The van der Waals surface area contributed by atoms with Gasteiger partial charge >= 0.3 is 12.6 Å². The summed E-state index contributed by atoms with van der Waals surface area (Å²) in [7, 11) is 0. The van der Waals surface area contributed by atoms with E-state index in [1.54, 1.807) is 0 Å². The van der Waals surface area contributed by atoms with Crippen LogP contribution >= 0.6 is 22.9 Å². The number of aromatic nitrogens is 1. The Labute approximate surface area is 160 Å². The smallest absolute Gasteiger partial charge is 0.388 e. The van der Waals surface area contributed by atoms with E-state index in [0.717, 1.165) is 11.3 Å². The van der Waals surface area contributed by atoms with Crippen LogP contribution in [-0.2, 0) is 4.79 Å². The summed E-state index contributed by atoms with van der Waals surface area (Å²) in [4.78, 5) is 24.5. The molecule has 0 radical (unpaired) electrons. The summed E-state index contributed by atoms with van der Waals surface area (Å²) in [6.07, 6.45) is 0. The summed E-state index contributed by atoms with van der Waals surface area (Å²) in [6, 6.07) is 5.35. The van der Waals surface area contributed by atoms with Crippen molar-refractivity contribution in [1.29, 1.82) is 0 Å². The van der Waals surface area contributed by atoms with Gasteiger partial charge in [0.2, 0.25) is 0 Å². The van der Waals surface area contributed by atoms with E-state index in [0.29, 0.717) is 5.52 Å². The number of thiophene rings is 1. The van der Waals surface area contributed by atoms with Gasteiger partial charge in [-0.15, -0.1) is 0 Å². The summed E-state index contributed by atoms with van der Waals surface area (Å²) in [5.41, 5.74) is 0.559. The van der Waals surface area contributed by atoms with Crippen molar-refractivity contribution in [2.24, 2.45) is 0 Å². The van der Waals surface area contributed by atoms with Crippen LogP contribution in [0.1, 0.15) is 22.3 Å². The number of nitrogens with zero attached hydrogens (tertiary/aromatic N) is 1. The fraction of sp³-hybridized carbons (Fsp3) is 0.176. The lowest BCUT2D eigenvalue weighted by molar-refractivity contribution is -0.131. The first-order valence-corrected chi connectivity index (χ1v) is 8.70. The topological polar surface area (TPSA) is 77.8 Å². The number of hydrogen-bond donors (Lipinski definition) is 1. The van der Waals surface area contributed by atoms with Gasteiger partial charge in [0.25, 0.3) is 5.91 Å². The molecule has 10 heteroatoms. The second-order valence-electron chi connectivity index (χ2n) is 5.44. The van der Waals surface area contributed by atoms with E-state index in [1.807, 2.05) is 0 Å². The predicted molar refractivity (Wildman–Crippen MR) is 95.3 cm³/mol. The van der Waals surface area contributed by atoms with Crippen LogP contribution in [-0.4, -0.2) is 28.2 Å². The van der Waals surface area contributed by atoms with Gasteiger partial charge in [-0.25, -0.2) is 0 Å². The average Bonchev–Trinajstić information content (AvgIpc) is 3.13. The number of carbonyl (C=O) groups excluding carboxylic acids is 2. The maximum atomic E-state index is 13.0. The summed E-state index contributed by atoms with van der Waals surface area (Å²) in [5, 5.41) is 9.87. The highest BCUT2D eigenvalue weighted by molar-refractivity contribution is 7.15. The van der Waals surface area contributed by atoms with Gasteiger partial charge in [0.15, 0.2) is 10.8 Å². The van der Waals surface area contributed by atoms with Gasteiger partial charge in [0.1, 0.15) is 5.75 Å². The van der Waals surface area contributed by atoms with Crippen LogP contribution in [0.3, 0.4) is 0 Å². The van der Waals surface area contributed by atoms with Gasteiger partial charge in [0, 0.05) is 6.92 Å². The Bertz CT molecular complexity index is 1060. The Hall–Kier alpha value is -2.65. The molecule has 27 heavy (non-hydrogen) atoms. The van der Waals surface area contributed by atoms with Crippen LogP contribution in [0.15, 0.2) is 24.3 Å². The molecule has 0 aliphatic rings. The highest BCUT2D eigenvalue weighted by Gasteiger charge is 2.26. The minimum absolute atomic E-state index is 0.0346. The van der Waals surface area contributed by atoms with Crippen LogP contribution in [0, 0.1) is 6.92 Å². The number of aromatic hydroxyl groups is 1. The third-order valence-electron chi connectivity index (χ3n) is 3.68. The second-order valence-corrected chi connectivity index (χ2v) is 6.86. The number of ether oxygens (including phenoxy) is 2. The number of hydrogen-bond acceptors (Lipinski definition) is 6. The number of phenolic OH excluding ortho intramolecular Hbond substituents is 1. The number of rotatable bonds is 4. The highest BCUT2D eigenvalue weighted by Crippen LogP contribution is 2.42. The largest absolute Gasteiger partial charge is 0.506 e. The number of fused-ring (bicyclic) bond motifs is 1. The summed E-state index contributed by atoms with van der Waals surface area (Å²) < 4.78 is 35.4. The first-order chi connectivity index (χ1) is 12.7. The summed E-state index contributed by atoms with van der Waals surface area (Å²) in [6.45, 7) is -0.277. The minimum Gasteiger partial charge on any atom is -0.506 e. The highest BCUT2D eigenvalue weighted by atomic mass is 35.5. The monoisotopic (exact) mass is 415 g/mol. The molecule has 0 fully saturated rings. The van der Waals surface area contributed by atoms with E-state index in [1.165, 1.54) is 42.7 Å². The molecular formula is C17H12ClF2NO5S. The molecule has 0 saturated carbocycles. The minimum atomic E-state index is -3.00. The number of esters is 1. The zero-order valence-electron chi connectivity index (χ0n) is 14.0. The molecule has 142 valence electrons. The van der Waals surface area contributed by atoms with Crippen LogP contribution < -0.4 is 9.47 Å². The molecule has 0 aliphatic heterocycles. The van der Waals surface area contributed by atoms with Crippen LogP contribution in [0.5, 0.6) is 16.6 Å². The van der Waals surface area contributed by atoms with Crippen molar-refractivity contribution in [2.45, 2.75) is 20.5 Å². The summed E-state index contributed by atoms with van der Waals surface area (Å²) in [5.74, 6) is -1.39. The van der Waals surface area contributed by atoms with Crippen LogP contribution in [0.2, 0.25) is 5.02 Å². The van der Waals surface area contributed by atoms with Gasteiger partial charge in [-0.2, -0.15) is 8.78 Å². The van der Waals surface area contributed by atoms with Crippen molar-refractivity contribution in [1.82, 2.24) is 4.57 Å². The molecule has 3 aromatic rings. The third-order valence-corrected chi connectivity index (χ3v) is 5.02. The molecule has 3 rings (SSSR count). The van der Waals surface area contributed by atoms with E-state index in [2.05, 4.69) is 4.74 Å². The Morgan fingerprint density at radius 3 is 2.59 bits per heavy atom. The van der Waals surface area contributed by atoms with Crippen LogP contribution in [0.4, 0.5) is 8.78 Å². The van der Waals surface area contributed by atoms with Gasteiger partial charge < -0.3 is 14.6 Å². The number of phenols is 1. The Morgan fingerprint density at radius 2 is 1.96 bits per heavy atom. The molecule has 0 atom stereocenters. The van der Waals surface area contributed by atoms with Crippen molar-refractivity contribution in [2.75, 3.05) is 0 Å². The second kappa shape index (κ2) is 7.16. The fourth-order valence-electron chi connectivity index (χ4n) is 2.65. The normalized spacial score (nSPS) is 11.2. The first kappa shape index (κ1) is 19.1. The average molecular weight is 416 g/mol. The fourth-order valence-corrected chi connectivity index (χ4v) is 3.68. The van der Waals surface area contributed by atoms with Gasteiger partial charge in [-0.05, 0) is 31.2 Å². The van der Waals surface area contributed by atoms with E-state index in [-0.39, 0.29) is 37.5 Å². The zero-order chi connectivity index (χ0) is 19.9. The summed E-state index contributed by atoms with van der Waals surface area (Å²) >= 11 is 6.89. The van der Waals surface area contributed by atoms with Gasteiger partial charge in [-0.3, -0.25) is 14.2 Å². The lowest BCUT2D eigenvalue weighted by atomic mass is 10.2. The third kappa shape index (κ3) is 3.47. The lowest BCUT2D eigenvalue weighted by Gasteiger charge is -2.05. The SMILES string of the molecule is CC(=O)Oc1c(C)n(C(=O)c2ccc(OC(F)F)s2)c2ccc(O)c(Cl)c12. The maximum Gasteiger partial charge on any atom is 0.388 e. The molecule has 0 spiro atoms. The molecule has 2 aromatic heterocycles. The molecule has 0 aliphatic carbocycles. The van der Waals surface area contributed by atoms with E-state index >= 15 is 0 Å². The Balaban J connectivity index is 2.18. The molecule has 0 unspecified atom stereocenters. The number of alkyl halides is 2. The molecular weight excluding hydrogens is 404 g/mol. The molecule has 0 amide bonds.